The molecule has 0 aliphatic rings. The third-order valence-electron chi connectivity index (χ3n) is 1.25. The Morgan fingerprint density at radius 3 is 1.67 bits per heavy atom. The summed E-state index contributed by atoms with van der Waals surface area (Å²) in [6.45, 7) is 8.57. The molecule has 3 heteroatoms. The van der Waals surface area contributed by atoms with Crippen LogP contribution in [0.3, 0.4) is 0 Å². The molecule has 0 aromatic rings. The molecule has 0 amide bonds. The van der Waals surface area contributed by atoms with E-state index >= 15 is 0 Å². The lowest BCUT2D eigenvalue weighted by molar-refractivity contribution is -0.182. The molecule has 0 heterocycles. The Morgan fingerprint density at radius 2 is 1.42 bits per heavy atom. The summed E-state index contributed by atoms with van der Waals surface area (Å²) in [7, 11) is 0. The van der Waals surface area contributed by atoms with Crippen molar-refractivity contribution in [2.24, 2.45) is 5.73 Å². The maximum absolute atomic E-state index is 5.50. The molecule has 0 rings (SSSR count). The van der Waals surface area contributed by atoms with E-state index in [1.54, 1.807) is 0 Å². The van der Waals surface area contributed by atoms with Crippen LogP contribution in [0.5, 0.6) is 0 Å². The normalized spacial score (nSPS) is 12.0. The Labute approximate surface area is 75.2 Å². The third-order valence-corrected chi connectivity index (χ3v) is 1.25. The second-order valence-corrected chi connectivity index (χ2v) is 3.38. The predicted octanol–water partition coefficient (Wildman–Crippen LogP) is 1.51. The van der Waals surface area contributed by atoms with Crippen molar-refractivity contribution in [1.29, 1.82) is 0 Å². The highest BCUT2D eigenvalue weighted by molar-refractivity contribution is 4.51. The zero-order valence-corrected chi connectivity index (χ0v) is 8.54. The zero-order chi connectivity index (χ0) is 9.56. The van der Waals surface area contributed by atoms with Crippen LogP contribution in [0.2, 0.25) is 0 Å². The van der Waals surface area contributed by atoms with Crippen molar-refractivity contribution in [3.8, 4) is 0 Å². The summed E-state index contributed by atoms with van der Waals surface area (Å²) >= 11 is 0. The van der Waals surface area contributed by atoms with E-state index in [4.69, 9.17) is 15.2 Å². The smallest absolute Gasteiger partial charge is 0.159 e. The van der Waals surface area contributed by atoms with Crippen LogP contribution >= 0.6 is 0 Å². The third kappa shape index (κ3) is 6.58. The van der Waals surface area contributed by atoms with Gasteiger partial charge in [-0.1, -0.05) is 0 Å². The molecule has 0 radical (unpaired) electrons. The van der Waals surface area contributed by atoms with Gasteiger partial charge in [0.05, 0.1) is 12.2 Å². The van der Waals surface area contributed by atoms with Gasteiger partial charge in [-0.05, 0) is 34.2 Å². The van der Waals surface area contributed by atoms with E-state index in [2.05, 4.69) is 0 Å². The lowest BCUT2D eigenvalue weighted by Gasteiger charge is -2.22. The average Bonchev–Trinajstić information content (AvgIpc) is 1.84. The SMILES string of the molecule is CC(C)OC(CCN)OC(C)C. The van der Waals surface area contributed by atoms with E-state index in [-0.39, 0.29) is 18.5 Å². The second-order valence-electron chi connectivity index (χ2n) is 3.38. The van der Waals surface area contributed by atoms with E-state index in [9.17, 15) is 0 Å². The summed E-state index contributed by atoms with van der Waals surface area (Å²) in [5, 5.41) is 0. The molecule has 0 atom stereocenters. The Morgan fingerprint density at radius 1 is 1.00 bits per heavy atom. The van der Waals surface area contributed by atoms with Gasteiger partial charge < -0.3 is 15.2 Å². The summed E-state index contributed by atoms with van der Waals surface area (Å²) in [4.78, 5) is 0. The molecule has 12 heavy (non-hydrogen) atoms. The van der Waals surface area contributed by atoms with Crippen molar-refractivity contribution in [2.45, 2.75) is 52.6 Å². The Balaban J connectivity index is 3.69. The van der Waals surface area contributed by atoms with Crippen LogP contribution in [0.4, 0.5) is 0 Å². The summed E-state index contributed by atoms with van der Waals surface area (Å²) in [5.74, 6) is 0. The van der Waals surface area contributed by atoms with E-state index in [1.165, 1.54) is 0 Å². The fourth-order valence-corrected chi connectivity index (χ4v) is 0.911. The highest BCUT2D eigenvalue weighted by Gasteiger charge is 2.11. The first-order chi connectivity index (χ1) is 5.56. The van der Waals surface area contributed by atoms with Gasteiger partial charge in [0.25, 0.3) is 0 Å². The maximum Gasteiger partial charge on any atom is 0.159 e. The van der Waals surface area contributed by atoms with Crippen LogP contribution in [-0.2, 0) is 9.47 Å². The summed E-state index contributed by atoms with van der Waals surface area (Å²) in [5.41, 5.74) is 5.42. The molecule has 0 bridgehead atoms. The van der Waals surface area contributed by atoms with Gasteiger partial charge in [-0.2, -0.15) is 0 Å². The number of nitrogens with two attached hydrogens (primary N) is 1. The van der Waals surface area contributed by atoms with Crippen molar-refractivity contribution in [1.82, 2.24) is 0 Å². The number of hydrogen-bond acceptors (Lipinski definition) is 3. The van der Waals surface area contributed by atoms with E-state index in [1.807, 2.05) is 27.7 Å². The van der Waals surface area contributed by atoms with Crippen LogP contribution < -0.4 is 5.73 Å². The number of rotatable bonds is 6. The first-order valence-corrected chi connectivity index (χ1v) is 4.57. The fourth-order valence-electron chi connectivity index (χ4n) is 0.911. The molecule has 2 N–H and O–H groups in total. The van der Waals surface area contributed by atoms with Gasteiger partial charge in [-0.25, -0.2) is 0 Å². The largest absolute Gasteiger partial charge is 0.350 e. The van der Waals surface area contributed by atoms with Crippen LogP contribution in [0.1, 0.15) is 34.1 Å². The van der Waals surface area contributed by atoms with Gasteiger partial charge in [-0.15, -0.1) is 0 Å². The van der Waals surface area contributed by atoms with Gasteiger partial charge in [0.15, 0.2) is 6.29 Å². The Kier molecular flexibility index (Phi) is 6.34. The minimum absolute atomic E-state index is 0.144. The Hall–Kier alpha value is -0.120. The Bertz CT molecular complexity index is 94.7. The van der Waals surface area contributed by atoms with E-state index < -0.39 is 0 Å². The maximum atomic E-state index is 5.50. The second kappa shape index (κ2) is 6.40. The molecular weight excluding hydrogens is 154 g/mol. The zero-order valence-electron chi connectivity index (χ0n) is 8.54. The molecule has 0 saturated carbocycles. The minimum Gasteiger partial charge on any atom is -0.350 e. The van der Waals surface area contributed by atoms with Crippen LogP contribution in [0.15, 0.2) is 0 Å². The molecule has 0 aliphatic carbocycles. The minimum atomic E-state index is -0.144. The lowest BCUT2D eigenvalue weighted by Crippen LogP contribution is -2.27. The molecule has 0 aliphatic heterocycles. The van der Waals surface area contributed by atoms with Crippen molar-refractivity contribution in [2.75, 3.05) is 6.54 Å². The standard InChI is InChI=1S/C9H21NO2/c1-7(2)11-9(5-6-10)12-8(3)4/h7-9H,5-6,10H2,1-4H3. The molecule has 74 valence electrons. The molecule has 0 saturated heterocycles. The average molecular weight is 175 g/mol. The fraction of sp³-hybridized carbons (Fsp3) is 1.00. The van der Waals surface area contributed by atoms with Crippen molar-refractivity contribution in [3.63, 3.8) is 0 Å². The van der Waals surface area contributed by atoms with Crippen LogP contribution in [0.25, 0.3) is 0 Å². The van der Waals surface area contributed by atoms with Gasteiger partial charge in [0, 0.05) is 6.42 Å². The summed E-state index contributed by atoms with van der Waals surface area (Å²) in [6.07, 6.45) is 1.01. The first kappa shape index (κ1) is 11.9. The van der Waals surface area contributed by atoms with Gasteiger partial charge >= 0.3 is 0 Å². The van der Waals surface area contributed by atoms with E-state index in [0.29, 0.717) is 6.54 Å². The number of hydrogen-bond donors (Lipinski definition) is 1. The molecule has 0 unspecified atom stereocenters. The molecular formula is C9H21NO2. The summed E-state index contributed by atoms with van der Waals surface area (Å²) in [6, 6.07) is 0. The van der Waals surface area contributed by atoms with Gasteiger partial charge in [0.1, 0.15) is 0 Å². The van der Waals surface area contributed by atoms with Crippen LogP contribution in [0, 0.1) is 0 Å². The first-order valence-electron chi connectivity index (χ1n) is 4.57. The molecule has 0 fully saturated rings. The van der Waals surface area contributed by atoms with Crippen LogP contribution in [-0.4, -0.2) is 25.0 Å². The highest BCUT2D eigenvalue weighted by Crippen LogP contribution is 2.06. The summed E-state index contributed by atoms with van der Waals surface area (Å²) < 4.78 is 11.0. The molecule has 0 aromatic heterocycles. The monoisotopic (exact) mass is 175 g/mol. The predicted molar refractivity (Wildman–Crippen MR) is 49.9 cm³/mol. The molecule has 3 nitrogen and oxygen atoms in total. The van der Waals surface area contributed by atoms with Crippen molar-refractivity contribution < 1.29 is 9.47 Å². The number of ether oxygens (including phenoxy) is 2. The van der Waals surface area contributed by atoms with Gasteiger partial charge in [0.2, 0.25) is 0 Å². The van der Waals surface area contributed by atoms with Gasteiger partial charge in [-0.3, -0.25) is 0 Å². The van der Waals surface area contributed by atoms with Crippen molar-refractivity contribution in [3.05, 3.63) is 0 Å². The topological polar surface area (TPSA) is 44.5 Å². The molecule has 0 aromatic carbocycles. The quantitative estimate of drug-likeness (QED) is 0.622. The molecule has 0 spiro atoms. The highest BCUT2D eigenvalue weighted by atomic mass is 16.7. The van der Waals surface area contributed by atoms with E-state index in [0.717, 1.165) is 6.42 Å². The van der Waals surface area contributed by atoms with Crippen molar-refractivity contribution >= 4 is 0 Å². The lowest BCUT2D eigenvalue weighted by atomic mass is 10.4.